The Morgan fingerprint density at radius 2 is 2.06 bits per heavy atom. The fourth-order valence-corrected chi connectivity index (χ4v) is 2.45. The van der Waals surface area contributed by atoms with Gasteiger partial charge in [0, 0.05) is 17.4 Å². The first-order valence-electron chi connectivity index (χ1n) is 5.42. The van der Waals surface area contributed by atoms with Crippen molar-refractivity contribution in [3.8, 4) is 17.6 Å². The molecular formula is C12H13NO3S. The highest BCUT2D eigenvalue weighted by molar-refractivity contribution is 7.86. The topological polar surface area (TPSA) is 59.3 Å². The molecule has 0 radical (unpaired) electrons. The molecule has 0 saturated carbocycles. The molecule has 0 bridgehead atoms. The summed E-state index contributed by atoms with van der Waals surface area (Å²) < 4.78 is 22.9. The molecule has 5 heteroatoms. The largest absolute Gasteiger partial charge is 0.490 e. The van der Waals surface area contributed by atoms with Crippen molar-refractivity contribution in [1.29, 1.82) is 5.26 Å². The number of rotatable bonds is 2. The summed E-state index contributed by atoms with van der Waals surface area (Å²) in [6, 6.07) is 7.15. The quantitative estimate of drug-likeness (QED) is 0.805. The van der Waals surface area contributed by atoms with E-state index in [4.69, 9.17) is 14.7 Å². The van der Waals surface area contributed by atoms with E-state index in [-0.39, 0.29) is 0 Å². The van der Waals surface area contributed by atoms with Crippen LogP contribution in [0.15, 0.2) is 23.1 Å². The molecule has 17 heavy (non-hydrogen) atoms. The number of nitrogens with zero attached hydrogens (tertiary/aromatic N) is 1. The minimum Gasteiger partial charge on any atom is -0.490 e. The summed E-state index contributed by atoms with van der Waals surface area (Å²) in [7, 11) is -1.33. The summed E-state index contributed by atoms with van der Waals surface area (Å²) in [6.07, 6.45) is 0.835. The van der Waals surface area contributed by atoms with Crippen LogP contribution < -0.4 is 9.47 Å². The maximum absolute atomic E-state index is 11.9. The van der Waals surface area contributed by atoms with Crippen LogP contribution in [-0.2, 0) is 10.8 Å². The Morgan fingerprint density at radius 1 is 1.35 bits per heavy atom. The van der Waals surface area contributed by atoms with Crippen molar-refractivity contribution in [2.75, 3.05) is 13.2 Å². The normalized spacial score (nSPS) is 17.6. The molecule has 2 unspecified atom stereocenters. The van der Waals surface area contributed by atoms with Crippen LogP contribution >= 0.6 is 0 Å². The molecule has 0 spiro atoms. The molecule has 1 aromatic carbocycles. The fourth-order valence-electron chi connectivity index (χ4n) is 1.52. The number of fused-ring (bicyclic) bond motifs is 1. The van der Waals surface area contributed by atoms with E-state index in [9.17, 15) is 4.21 Å². The standard InChI is InChI=1S/C12H13NO3S/c1-9(8-13)17(14)10-3-4-11-12(7-10)16-6-2-5-15-11/h3-4,7,9H,2,5-6H2,1H3. The van der Waals surface area contributed by atoms with E-state index in [1.807, 2.05) is 6.07 Å². The lowest BCUT2D eigenvalue weighted by Crippen LogP contribution is -2.08. The third kappa shape index (κ3) is 2.59. The van der Waals surface area contributed by atoms with Crippen LogP contribution in [0.2, 0.25) is 0 Å². The first kappa shape index (κ1) is 11.9. The van der Waals surface area contributed by atoms with Gasteiger partial charge in [0.2, 0.25) is 0 Å². The van der Waals surface area contributed by atoms with Crippen molar-refractivity contribution in [3.05, 3.63) is 18.2 Å². The summed E-state index contributed by atoms with van der Waals surface area (Å²) in [5.74, 6) is 1.28. The van der Waals surface area contributed by atoms with Crippen LogP contribution in [0, 0.1) is 11.3 Å². The molecule has 0 N–H and O–H groups in total. The van der Waals surface area contributed by atoms with Crippen molar-refractivity contribution < 1.29 is 13.7 Å². The van der Waals surface area contributed by atoms with Gasteiger partial charge in [-0.25, -0.2) is 0 Å². The Labute approximate surface area is 103 Å². The third-order valence-corrected chi connectivity index (χ3v) is 3.92. The molecule has 0 amide bonds. The summed E-state index contributed by atoms with van der Waals surface area (Å²) in [5.41, 5.74) is 0. The maximum Gasteiger partial charge on any atom is 0.162 e. The van der Waals surface area contributed by atoms with E-state index in [1.165, 1.54) is 0 Å². The van der Waals surface area contributed by atoms with Crippen LogP contribution in [0.4, 0.5) is 0 Å². The van der Waals surface area contributed by atoms with Crippen molar-refractivity contribution in [3.63, 3.8) is 0 Å². The molecule has 0 aromatic heterocycles. The van der Waals surface area contributed by atoms with Gasteiger partial charge in [0.05, 0.1) is 30.1 Å². The molecule has 0 fully saturated rings. The zero-order chi connectivity index (χ0) is 12.3. The maximum atomic E-state index is 11.9. The van der Waals surface area contributed by atoms with Gasteiger partial charge in [-0.05, 0) is 19.1 Å². The molecule has 4 nitrogen and oxygen atoms in total. The van der Waals surface area contributed by atoms with Crippen LogP contribution in [0.5, 0.6) is 11.5 Å². The Balaban J connectivity index is 2.30. The zero-order valence-corrected chi connectivity index (χ0v) is 10.3. The summed E-state index contributed by atoms with van der Waals surface area (Å²) in [5, 5.41) is 8.22. The Bertz CT molecular complexity index is 481. The Kier molecular flexibility index (Phi) is 3.64. The second-order valence-electron chi connectivity index (χ2n) is 3.73. The zero-order valence-electron chi connectivity index (χ0n) is 9.51. The highest BCUT2D eigenvalue weighted by atomic mass is 32.2. The lowest BCUT2D eigenvalue weighted by molar-refractivity contribution is 0.297. The second-order valence-corrected chi connectivity index (χ2v) is 5.50. The van der Waals surface area contributed by atoms with Gasteiger partial charge >= 0.3 is 0 Å². The molecular weight excluding hydrogens is 238 g/mol. The molecule has 1 aromatic rings. The Morgan fingerprint density at radius 3 is 2.76 bits per heavy atom. The van der Waals surface area contributed by atoms with Crippen LogP contribution in [-0.4, -0.2) is 22.7 Å². The first-order chi connectivity index (χ1) is 8.22. The van der Waals surface area contributed by atoms with Crippen molar-refractivity contribution in [1.82, 2.24) is 0 Å². The molecule has 2 rings (SSSR count). The van der Waals surface area contributed by atoms with Crippen molar-refractivity contribution >= 4 is 10.8 Å². The SMILES string of the molecule is CC(C#N)S(=O)c1ccc2c(c1)OCCCO2. The highest BCUT2D eigenvalue weighted by Gasteiger charge is 2.16. The highest BCUT2D eigenvalue weighted by Crippen LogP contribution is 2.31. The Hall–Kier alpha value is -1.54. The smallest absolute Gasteiger partial charge is 0.162 e. The van der Waals surface area contributed by atoms with Crippen LogP contribution in [0.3, 0.4) is 0 Å². The van der Waals surface area contributed by atoms with Gasteiger partial charge in [0.25, 0.3) is 0 Å². The number of hydrogen-bond acceptors (Lipinski definition) is 4. The van der Waals surface area contributed by atoms with Gasteiger partial charge in [0.15, 0.2) is 11.5 Å². The van der Waals surface area contributed by atoms with Gasteiger partial charge in [0.1, 0.15) is 5.25 Å². The first-order valence-corrected chi connectivity index (χ1v) is 6.63. The minimum atomic E-state index is -1.33. The number of nitriles is 1. The molecule has 90 valence electrons. The lowest BCUT2D eigenvalue weighted by atomic mass is 10.3. The van der Waals surface area contributed by atoms with E-state index >= 15 is 0 Å². The average molecular weight is 251 g/mol. The second kappa shape index (κ2) is 5.19. The molecule has 2 atom stereocenters. The number of hydrogen-bond donors (Lipinski definition) is 0. The van der Waals surface area contributed by atoms with Crippen molar-refractivity contribution in [2.45, 2.75) is 23.5 Å². The monoisotopic (exact) mass is 251 g/mol. The van der Waals surface area contributed by atoms with E-state index in [0.29, 0.717) is 29.6 Å². The van der Waals surface area contributed by atoms with Gasteiger partial charge in [-0.2, -0.15) is 5.26 Å². The van der Waals surface area contributed by atoms with Gasteiger partial charge in [-0.1, -0.05) is 0 Å². The van der Waals surface area contributed by atoms with Crippen LogP contribution in [0.25, 0.3) is 0 Å². The molecule has 1 aliphatic rings. The summed E-state index contributed by atoms with van der Waals surface area (Å²) >= 11 is 0. The van der Waals surface area contributed by atoms with Crippen LogP contribution in [0.1, 0.15) is 13.3 Å². The molecule has 0 aliphatic carbocycles. The molecule has 1 heterocycles. The predicted octanol–water partition coefficient (Wildman–Crippen LogP) is 1.87. The lowest BCUT2D eigenvalue weighted by Gasteiger charge is -2.09. The predicted molar refractivity (Wildman–Crippen MR) is 63.5 cm³/mol. The van der Waals surface area contributed by atoms with Gasteiger partial charge < -0.3 is 9.47 Å². The van der Waals surface area contributed by atoms with Gasteiger partial charge in [-0.15, -0.1) is 0 Å². The summed E-state index contributed by atoms with van der Waals surface area (Å²) in [4.78, 5) is 0.600. The molecule has 1 aliphatic heterocycles. The summed E-state index contributed by atoms with van der Waals surface area (Å²) in [6.45, 7) is 2.86. The van der Waals surface area contributed by atoms with Crippen molar-refractivity contribution in [2.24, 2.45) is 0 Å². The number of benzene rings is 1. The van der Waals surface area contributed by atoms with E-state index in [1.54, 1.807) is 25.1 Å². The van der Waals surface area contributed by atoms with E-state index < -0.39 is 16.0 Å². The van der Waals surface area contributed by atoms with Gasteiger partial charge in [-0.3, -0.25) is 4.21 Å². The fraction of sp³-hybridized carbons (Fsp3) is 0.417. The minimum absolute atomic E-state index is 0.528. The molecule has 0 saturated heterocycles. The van der Waals surface area contributed by atoms with E-state index in [0.717, 1.165) is 6.42 Å². The van der Waals surface area contributed by atoms with E-state index in [2.05, 4.69) is 0 Å². The third-order valence-electron chi connectivity index (χ3n) is 2.45. The average Bonchev–Trinajstić information content (AvgIpc) is 2.61. The number of ether oxygens (including phenoxy) is 2.